The van der Waals surface area contributed by atoms with Gasteiger partial charge < -0.3 is 10.8 Å². The van der Waals surface area contributed by atoms with E-state index in [9.17, 15) is 9.90 Å². The van der Waals surface area contributed by atoms with Crippen LogP contribution in [0.15, 0.2) is 29.6 Å². The summed E-state index contributed by atoms with van der Waals surface area (Å²) >= 11 is 2.94. The number of anilines is 1. The number of hydrogen-bond donors (Lipinski definition) is 2. The standard InChI is InChI=1S/C15H13NO2S2/c1-2-8-12(16)14(15(17)18)20-13(8)10-7-19-11-6-4-3-5-9(10)11/h3-7H,2,16H2,1H3,(H,17,18). The molecular formula is C15H13NO2S2. The first-order valence-electron chi connectivity index (χ1n) is 6.24. The van der Waals surface area contributed by atoms with Gasteiger partial charge in [-0.2, -0.15) is 0 Å². The van der Waals surface area contributed by atoms with Crippen molar-refractivity contribution in [1.82, 2.24) is 0 Å². The van der Waals surface area contributed by atoms with E-state index in [-0.39, 0.29) is 4.88 Å². The van der Waals surface area contributed by atoms with Crippen LogP contribution >= 0.6 is 22.7 Å². The average Bonchev–Trinajstić information content (AvgIpc) is 2.99. The van der Waals surface area contributed by atoms with E-state index < -0.39 is 5.97 Å². The number of carbonyl (C=O) groups is 1. The quantitative estimate of drug-likeness (QED) is 0.750. The summed E-state index contributed by atoms with van der Waals surface area (Å²) in [6.45, 7) is 2.00. The first-order valence-corrected chi connectivity index (χ1v) is 7.94. The molecule has 0 atom stereocenters. The zero-order valence-electron chi connectivity index (χ0n) is 10.8. The fourth-order valence-electron chi connectivity index (χ4n) is 2.36. The van der Waals surface area contributed by atoms with Crippen LogP contribution in [0, 0.1) is 0 Å². The predicted molar refractivity (Wildman–Crippen MR) is 85.9 cm³/mol. The zero-order chi connectivity index (χ0) is 14.3. The maximum atomic E-state index is 11.3. The smallest absolute Gasteiger partial charge is 0.348 e. The van der Waals surface area contributed by atoms with Crippen LogP contribution in [-0.4, -0.2) is 11.1 Å². The van der Waals surface area contributed by atoms with Gasteiger partial charge in [-0.25, -0.2) is 4.79 Å². The Hall–Kier alpha value is -1.85. The normalized spacial score (nSPS) is 11.1. The number of benzene rings is 1. The number of fused-ring (bicyclic) bond motifs is 1. The highest BCUT2D eigenvalue weighted by Gasteiger charge is 2.21. The van der Waals surface area contributed by atoms with Gasteiger partial charge in [0.1, 0.15) is 4.88 Å². The molecule has 0 aliphatic rings. The van der Waals surface area contributed by atoms with Crippen molar-refractivity contribution >= 4 is 44.4 Å². The Morgan fingerprint density at radius 1 is 1.35 bits per heavy atom. The minimum Gasteiger partial charge on any atom is -0.477 e. The molecule has 0 spiro atoms. The number of hydrogen-bond acceptors (Lipinski definition) is 4. The molecule has 0 saturated heterocycles. The Bertz CT molecular complexity index is 801. The molecule has 3 rings (SSSR count). The van der Waals surface area contributed by atoms with E-state index in [4.69, 9.17) is 5.73 Å². The van der Waals surface area contributed by atoms with E-state index in [1.54, 1.807) is 11.3 Å². The molecule has 2 aromatic heterocycles. The fraction of sp³-hybridized carbons (Fsp3) is 0.133. The lowest BCUT2D eigenvalue weighted by molar-refractivity contribution is 0.0703. The van der Waals surface area contributed by atoms with Gasteiger partial charge >= 0.3 is 5.97 Å². The summed E-state index contributed by atoms with van der Waals surface area (Å²) < 4.78 is 1.20. The van der Waals surface area contributed by atoms with Crippen LogP contribution in [0.1, 0.15) is 22.2 Å². The first kappa shape index (κ1) is 13.1. The van der Waals surface area contributed by atoms with E-state index in [0.29, 0.717) is 5.69 Å². The molecule has 0 aliphatic heterocycles. The van der Waals surface area contributed by atoms with E-state index in [1.807, 2.05) is 19.1 Å². The third-order valence-electron chi connectivity index (χ3n) is 3.32. The largest absolute Gasteiger partial charge is 0.477 e. The Kier molecular flexibility index (Phi) is 3.23. The molecule has 1 aromatic carbocycles. The molecule has 0 saturated carbocycles. The molecule has 102 valence electrons. The van der Waals surface area contributed by atoms with Gasteiger partial charge in [0.05, 0.1) is 5.69 Å². The highest BCUT2D eigenvalue weighted by molar-refractivity contribution is 7.20. The minimum atomic E-state index is -0.951. The van der Waals surface area contributed by atoms with E-state index in [0.717, 1.165) is 27.8 Å². The zero-order valence-corrected chi connectivity index (χ0v) is 12.5. The van der Waals surface area contributed by atoms with Crippen LogP contribution in [0.4, 0.5) is 5.69 Å². The van der Waals surface area contributed by atoms with Crippen LogP contribution in [0.3, 0.4) is 0 Å². The van der Waals surface area contributed by atoms with Crippen molar-refractivity contribution in [2.45, 2.75) is 13.3 Å². The first-order chi connectivity index (χ1) is 9.63. The molecule has 0 aliphatic carbocycles. The molecule has 3 nitrogen and oxygen atoms in total. The molecule has 0 bridgehead atoms. The molecular weight excluding hydrogens is 290 g/mol. The van der Waals surface area contributed by atoms with Crippen LogP contribution in [0.5, 0.6) is 0 Å². The third-order valence-corrected chi connectivity index (χ3v) is 5.55. The van der Waals surface area contributed by atoms with Crippen molar-refractivity contribution in [3.05, 3.63) is 40.1 Å². The van der Waals surface area contributed by atoms with E-state index in [2.05, 4.69) is 17.5 Å². The molecule has 20 heavy (non-hydrogen) atoms. The minimum absolute atomic E-state index is 0.243. The second kappa shape index (κ2) is 4.92. The number of rotatable bonds is 3. The maximum Gasteiger partial charge on any atom is 0.348 e. The van der Waals surface area contributed by atoms with Crippen molar-refractivity contribution < 1.29 is 9.90 Å². The number of nitrogen functional groups attached to an aromatic ring is 1. The summed E-state index contributed by atoms with van der Waals surface area (Å²) in [5.74, 6) is -0.951. The van der Waals surface area contributed by atoms with Gasteiger partial charge in [0.25, 0.3) is 0 Å². The van der Waals surface area contributed by atoms with Crippen LogP contribution in [-0.2, 0) is 6.42 Å². The van der Waals surface area contributed by atoms with Crippen LogP contribution < -0.4 is 5.73 Å². The topological polar surface area (TPSA) is 63.3 Å². The highest BCUT2D eigenvalue weighted by Crippen LogP contribution is 2.43. The molecule has 3 N–H and O–H groups in total. The lowest BCUT2D eigenvalue weighted by Gasteiger charge is -2.01. The molecule has 0 radical (unpaired) electrons. The van der Waals surface area contributed by atoms with Crippen molar-refractivity contribution in [2.24, 2.45) is 0 Å². The summed E-state index contributed by atoms with van der Waals surface area (Å²) in [6.07, 6.45) is 0.731. The van der Waals surface area contributed by atoms with Gasteiger partial charge in [0.2, 0.25) is 0 Å². The number of thiophene rings is 2. The maximum absolute atomic E-state index is 11.3. The second-order valence-corrected chi connectivity index (χ2v) is 6.39. The Morgan fingerprint density at radius 3 is 2.80 bits per heavy atom. The van der Waals surface area contributed by atoms with Gasteiger partial charge in [-0.1, -0.05) is 25.1 Å². The van der Waals surface area contributed by atoms with Gasteiger partial charge in [-0.3, -0.25) is 0 Å². The number of carboxylic acids is 1. The van der Waals surface area contributed by atoms with Gasteiger partial charge in [0, 0.05) is 25.9 Å². The summed E-state index contributed by atoms with van der Waals surface area (Å²) in [5.41, 5.74) is 8.44. The summed E-state index contributed by atoms with van der Waals surface area (Å²) in [4.78, 5) is 12.5. The number of aromatic carboxylic acids is 1. The van der Waals surface area contributed by atoms with Crippen molar-refractivity contribution in [3.63, 3.8) is 0 Å². The number of nitrogens with two attached hydrogens (primary N) is 1. The Balaban J connectivity index is 2.29. The summed E-state index contributed by atoms with van der Waals surface area (Å²) in [6, 6.07) is 8.15. The fourth-order valence-corrected chi connectivity index (χ4v) is 4.57. The lowest BCUT2D eigenvalue weighted by Crippen LogP contribution is -1.99. The van der Waals surface area contributed by atoms with Gasteiger partial charge in [-0.05, 0) is 18.1 Å². The molecule has 0 unspecified atom stereocenters. The van der Waals surface area contributed by atoms with E-state index in [1.165, 1.54) is 16.0 Å². The van der Waals surface area contributed by atoms with Crippen molar-refractivity contribution in [3.8, 4) is 10.4 Å². The SMILES string of the molecule is CCc1c(-c2csc3ccccc23)sc(C(=O)O)c1N. The summed E-state index contributed by atoms with van der Waals surface area (Å²) in [7, 11) is 0. The second-order valence-electron chi connectivity index (χ2n) is 4.46. The number of carboxylic acid groups (broad SMARTS) is 1. The van der Waals surface area contributed by atoms with Crippen LogP contribution in [0.25, 0.3) is 20.5 Å². The molecule has 0 amide bonds. The van der Waals surface area contributed by atoms with E-state index >= 15 is 0 Å². The van der Waals surface area contributed by atoms with Gasteiger partial charge in [0.15, 0.2) is 0 Å². The molecule has 0 fully saturated rings. The average molecular weight is 303 g/mol. The Morgan fingerprint density at radius 2 is 2.10 bits per heavy atom. The van der Waals surface area contributed by atoms with Gasteiger partial charge in [-0.15, -0.1) is 22.7 Å². The molecule has 2 heterocycles. The molecule has 5 heteroatoms. The Labute approximate surface area is 124 Å². The lowest BCUT2D eigenvalue weighted by atomic mass is 10.1. The molecule has 3 aromatic rings. The van der Waals surface area contributed by atoms with Crippen molar-refractivity contribution in [2.75, 3.05) is 5.73 Å². The summed E-state index contributed by atoms with van der Waals surface area (Å²) in [5, 5.41) is 12.5. The van der Waals surface area contributed by atoms with Crippen LogP contribution in [0.2, 0.25) is 0 Å². The van der Waals surface area contributed by atoms with Crippen molar-refractivity contribution in [1.29, 1.82) is 0 Å². The monoisotopic (exact) mass is 303 g/mol. The third kappa shape index (κ3) is 1.90. The highest BCUT2D eigenvalue weighted by atomic mass is 32.1. The predicted octanol–water partition coefficient (Wildman–Crippen LogP) is 4.47.